The molecule has 0 amide bonds. The molecular weight excluding hydrogens is 491 g/mol. The van der Waals surface area contributed by atoms with E-state index in [1.54, 1.807) is 7.05 Å². The van der Waals surface area contributed by atoms with Gasteiger partial charge in [-0.2, -0.15) is 0 Å². The lowest BCUT2D eigenvalue weighted by atomic mass is 10.0. The van der Waals surface area contributed by atoms with Gasteiger partial charge < -0.3 is 15.4 Å². The van der Waals surface area contributed by atoms with Crippen LogP contribution in [0.1, 0.15) is 37.7 Å². The number of rotatable bonds is 9. The molecule has 1 aromatic rings. The zero-order valence-corrected chi connectivity index (χ0v) is 19.8. The third-order valence-electron chi connectivity index (χ3n) is 4.64. The van der Waals surface area contributed by atoms with Crippen LogP contribution in [0.3, 0.4) is 0 Å². The van der Waals surface area contributed by atoms with Crippen LogP contribution in [0.2, 0.25) is 0 Å². The van der Waals surface area contributed by atoms with E-state index in [0.29, 0.717) is 31.5 Å². The van der Waals surface area contributed by atoms with Crippen LogP contribution in [0.15, 0.2) is 35.3 Å². The fourth-order valence-corrected chi connectivity index (χ4v) is 3.89. The molecular formula is C19H33IN4O3S. The Labute approximate surface area is 186 Å². The molecule has 0 radical (unpaired) electrons. The third kappa shape index (κ3) is 9.53. The summed E-state index contributed by atoms with van der Waals surface area (Å²) in [6, 6.07) is 10.2. The van der Waals surface area contributed by atoms with Gasteiger partial charge in [-0.05, 0) is 30.7 Å². The van der Waals surface area contributed by atoms with Crippen molar-refractivity contribution in [3.05, 3.63) is 35.9 Å². The molecule has 7 nitrogen and oxygen atoms in total. The smallest absolute Gasteiger partial charge is 0.213 e. The molecule has 0 aromatic heterocycles. The van der Waals surface area contributed by atoms with Gasteiger partial charge in [0.25, 0.3) is 0 Å². The van der Waals surface area contributed by atoms with E-state index < -0.39 is 10.0 Å². The highest BCUT2D eigenvalue weighted by Crippen LogP contribution is 2.13. The molecule has 0 spiro atoms. The number of halogens is 1. The van der Waals surface area contributed by atoms with E-state index in [9.17, 15) is 8.42 Å². The quantitative estimate of drug-likeness (QED) is 0.262. The molecule has 160 valence electrons. The van der Waals surface area contributed by atoms with Crippen LogP contribution < -0.4 is 15.4 Å². The Hall–Kier alpha value is -0.910. The van der Waals surface area contributed by atoms with E-state index in [0.717, 1.165) is 25.9 Å². The van der Waals surface area contributed by atoms with Crippen LogP contribution >= 0.6 is 24.0 Å². The van der Waals surface area contributed by atoms with E-state index in [1.807, 2.05) is 18.2 Å². The first-order chi connectivity index (χ1) is 13.0. The third-order valence-corrected chi connectivity index (χ3v) is 5.98. The van der Waals surface area contributed by atoms with Crippen LogP contribution in [0.5, 0.6) is 0 Å². The second-order valence-electron chi connectivity index (χ2n) is 6.85. The van der Waals surface area contributed by atoms with Crippen molar-refractivity contribution in [1.82, 2.24) is 15.4 Å². The molecule has 9 heteroatoms. The number of benzene rings is 1. The normalized spacial score (nSPS) is 18.8. The molecule has 0 bridgehead atoms. The van der Waals surface area contributed by atoms with Gasteiger partial charge in [0, 0.05) is 33.3 Å². The van der Waals surface area contributed by atoms with Gasteiger partial charge in [0.15, 0.2) is 5.96 Å². The summed E-state index contributed by atoms with van der Waals surface area (Å²) in [6.07, 6.45) is 3.06. The predicted molar refractivity (Wildman–Crippen MR) is 125 cm³/mol. The summed E-state index contributed by atoms with van der Waals surface area (Å²) in [5, 5.41) is 6.30. The molecule has 2 rings (SSSR count). The monoisotopic (exact) mass is 524 g/mol. The standard InChI is InChI=1S/C19H32N4O3S.HI/c1-16(17-8-4-3-5-9-17)14-22-19(20-2)21-11-13-27(24,25)23-15-18-10-6-7-12-26-18;/h3-5,8-9,16,18,23H,6-7,10-15H2,1-2H3,(H2,20,21,22);1H. The second kappa shape index (κ2) is 13.3. The van der Waals surface area contributed by atoms with Crippen molar-refractivity contribution in [2.75, 3.05) is 39.0 Å². The van der Waals surface area contributed by atoms with Gasteiger partial charge in [-0.25, -0.2) is 13.1 Å². The first-order valence-corrected chi connectivity index (χ1v) is 11.2. The largest absolute Gasteiger partial charge is 0.377 e. The molecule has 1 aromatic carbocycles. The minimum Gasteiger partial charge on any atom is -0.377 e. The van der Waals surface area contributed by atoms with Crippen molar-refractivity contribution in [3.8, 4) is 0 Å². The van der Waals surface area contributed by atoms with Gasteiger partial charge in [-0.3, -0.25) is 4.99 Å². The molecule has 1 saturated heterocycles. The van der Waals surface area contributed by atoms with Crippen molar-refractivity contribution in [1.29, 1.82) is 0 Å². The first-order valence-electron chi connectivity index (χ1n) is 9.58. The number of aliphatic imine (C=N–C) groups is 1. The molecule has 0 saturated carbocycles. The lowest BCUT2D eigenvalue weighted by Gasteiger charge is -2.22. The number of hydrogen-bond donors (Lipinski definition) is 3. The average Bonchev–Trinajstić information content (AvgIpc) is 2.70. The zero-order valence-electron chi connectivity index (χ0n) is 16.7. The maximum absolute atomic E-state index is 12.1. The number of hydrogen-bond acceptors (Lipinski definition) is 4. The van der Waals surface area contributed by atoms with E-state index >= 15 is 0 Å². The topological polar surface area (TPSA) is 91.8 Å². The van der Waals surface area contributed by atoms with Gasteiger partial charge in [0.2, 0.25) is 10.0 Å². The molecule has 2 unspecified atom stereocenters. The Morgan fingerprint density at radius 1 is 1.25 bits per heavy atom. The van der Waals surface area contributed by atoms with Crippen molar-refractivity contribution in [2.24, 2.45) is 4.99 Å². The molecule has 3 N–H and O–H groups in total. The highest BCUT2D eigenvalue weighted by atomic mass is 127. The van der Waals surface area contributed by atoms with E-state index in [2.05, 4.69) is 39.4 Å². The highest BCUT2D eigenvalue weighted by Gasteiger charge is 2.17. The Morgan fingerprint density at radius 2 is 2.00 bits per heavy atom. The van der Waals surface area contributed by atoms with Gasteiger partial charge in [0.05, 0.1) is 11.9 Å². The van der Waals surface area contributed by atoms with Crippen molar-refractivity contribution in [3.63, 3.8) is 0 Å². The van der Waals surface area contributed by atoms with Gasteiger partial charge in [-0.1, -0.05) is 37.3 Å². The van der Waals surface area contributed by atoms with Gasteiger partial charge >= 0.3 is 0 Å². The fourth-order valence-electron chi connectivity index (χ4n) is 2.93. The number of guanidine groups is 1. The van der Waals surface area contributed by atoms with Crippen LogP contribution in [0.4, 0.5) is 0 Å². The van der Waals surface area contributed by atoms with Crippen LogP contribution in [-0.2, 0) is 14.8 Å². The summed E-state index contributed by atoms with van der Waals surface area (Å²) in [5.41, 5.74) is 1.25. The lowest BCUT2D eigenvalue weighted by Crippen LogP contribution is -2.43. The molecule has 2 atom stereocenters. The number of nitrogens with zero attached hydrogens (tertiary/aromatic N) is 1. The summed E-state index contributed by atoms with van der Waals surface area (Å²) in [7, 11) is -1.66. The number of ether oxygens (including phenoxy) is 1. The summed E-state index contributed by atoms with van der Waals surface area (Å²) >= 11 is 0. The van der Waals surface area contributed by atoms with Crippen LogP contribution in [0.25, 0.3) is 0 Å². The second-order valence-corrected chi connectivity index (χ2v) is 8.77. The molecule has 1 fully saturated rings. The van der Waals surface area contributed by atoms with Crippen molar-refractivity contribution >= 4 is 40.0 Å². The molecule has 1 aliphatic rings. The molecule has 28 heavy (non-hydrogen) atoms. The van der Waals surface area contributed by atoms with Gasteiger partial charge in [-0.15, -0.1) is 24.0 Å². The minimum absolute atomic E-state index is 0. The average molecular weight is 524 g/mol. The van der Waals surface area contributed by atoms with Crippen LogP contribution in [0, 0.1) is 0 Å². The Morgan fingerprint density at radius 3 is 2.64 bits per heavy atom. The number of sulfonamides is 1. The summed E-state index contributed by atoms with van der Waals surface area (Å²) in [5.74, 6) is 0.920. The minimum atomic E-state index is -3.33. The Kier molecular flexibility index (Phi) is 12.0. The maximum atomic E-state index is 12.1. The molecule has 1 heterocycles. The van der Waals surface area contributed by atoms with Crippen molar-refractivity contribution in [2.45, 2.75) is 38.2 Å². The van der Waals surface area contributed by atoms with E-state index in [4.69, 9.17) is 4.74 Å². The fraction of sp³-hybridized carbons (Fsp3) is 0.632. The maximum Gasteiger partial charge on any atom is 0.213 e. The van der Waals surface area contributed by atoms with Crippen molar-refractivity contribution < 1.29 is 13.2 Å². The molecule has 1 aliphatic heterocycles. The lowest BCUT2D eigenvalue weighted by molar-refractivity contribution is 0.0200. The summed E-state index contributed by atoms with van der Waals surface area (Å²) in [6.45, 7) is 4.21. The zero-order chi connectivity index (χ0) is 19.5. The van der Waals surface area contributed by atoms with E-state index in [-0.39, 0.29) is 35.8 Å². The Bertz CT molecular complexity index is 680. The SMILES string of the molecule is CN=C(NCCS(=O)(=O)NCC1CCCCO1)NCC(C)c1ccccc1.I. The highest BCUT2D eigenvalue weighted by molar-refractivity contribution is 14.0. The number of nitrogens with one attached hydrogen (secondary N) is 3. The molecule has 0 aliphatic carbocycles. The van der Waals surface area contributed by atoms with E-state index in [1.165, 1.54) is 5.56 Å². The summed E-state index contributed by atoms with van der Waals surface area (Å²) < 4.78 is 32.4. The summed E-state index contributed by atoms with van der Waals surface area (Å²) in [4.78, 5) is 4.15. The van der Waals surface area contributed by atoms with Crippen LogP contribution in [-0.4, -0.2) is 59.5 Å². The van der Waals surface area contributed by atoms with Gasteiger partial charge in [0.1, 0.15) is 0 Å². The Balaban J connectivity index is 0.00000392. The first kappa shape index (κ1) is 25.1. The predicted octanol–water partition coefficient (Wildman–Crippen LogP) is 2.06.